The summed E-state index contributed by atoms with van der Waals surface area (Å²) in [5.41, 5.74) is 0. The quantitative estimate of drug-likeness (QED) is 0.245. The zero-order valence-corrected chi connectivity index (χ0v) is 15.2. The molecule has 3 nitrogen and oxygen atoms in total. The van der Waals surface area contributed by atoms with Crippen LogP contribution in [0.1, 0.15) is 90.9 Å². The summed E-state index contributed by atoms with van der Waals surface area (Å²) < 4.78 is 0. The van der Waals surface area contributed by atoms with E-state index in [2.05, 4.69) is 36.5 Å². The van der Waals surface area contributed by atoms with Crippen LogP contribution in [0.5, 0.6) is 0 Å². The van der Waals surface area contributed by atoms with E-state index in [1.807, 2.05) is 0 Å². The van der Waals surface area contributed by atoms with Crippen molar-refractivity contribution in [3.63, 3.8) is 0 Å². The number of carbonyl (C=O) groups is 1. The van der Waals surface area contributed by atoms with Crippen molar-refractivity contribution in [2.45, 2.75) is 97.1 Å². The number of allylic oxidation sites excluding steroid dienone is 4. The fourth-order valence-corrected chi connectivity index (χ4v) is 2.40. The third-order valence-corrected chi connectivity index (χ3v) is 3.72. The highest BCUT2D eigenvalue weighted by atomic mass is 16.3. The summed E-state index contributed by atoms with van der Waals surface area (Å²) in [6.07, 6.45) is 21.9. The van der Waals surface area contributed by atoms with Crippen molar-refractivity contribution in [1.29, 1.82) is 0 Å². The molecule has 23 heavy (non-hydrogen) atoms. The maximum absolute atomic E-state index is 11.3. The molecule has 0 heterocycles. The van der Waals surface area contributed by atoms with Crippen LogP contribution in [-0.4, -0.2) is 17.2 Å². The van der Waals surface area contributed by atoms with Crippen molar-refractivity contribution in [1.82, 2.24) is 5.32 Å². The molecule has 0 aliphatic carbocycles. The molecule has 0 bridgehead atoms. The first-order valence-electron chi connectivity index (χ1n) is 9.44. The number of amides is 1. The van der Waals surface area contributed by atoms with Crippen LogP contribution < -0.4 is 5.32 Å². The molecule has 1 unspecified atom stereocenters. The Balaban J connectivity index is 3.26. The Hall–Kier alpha value is -1.09. The zero-order valence-electron chi connectivity index (χ0n) is 15.2. The van der Waals surface area contributed by atoms with E-state index in [4.69, 9.17) is 5.11 Å². The van der Waals surface area contributed by atoms with Gasteiger partial charge >= 0.3 is 0 Å². The Labute approximate surface area is 143 Å². The first-order valence-corrected chi connectivity index (χ1v) is 9.44. The van der Waals surface area contributed by atoms with Gasteiger partial charge < -0.3 is 10.4 Å². The van der Waals surface area contributed by atoms with Crippen molar-refractivity contribution in [3.05, 3.63) is 24.3 Å². The monoisotopic (exact) mass is 323 g/mol. The molecular weight excluding hydrogens is 286 g/mol. The van der Waals surface area contributed by atoms with Crippen molar-refractivity contribution in [2.75, 3.05) is 0 Å². The van der Waals surface area contributed by atoms with Crippen molar-refractivity contribution >= 4 is 5.91 Å². The summed E-state index contributed by atoms with van der Waals surface area (Å²) in [7, 11) is 0. The number of carbonyl (C=O) groups excluding carboxylic acids is 1. The molecule has 0 rings (SSSR count). The van der Waals surface area contributed by atoms with Gasteiger partial charge in [-0.3, -0.25) is 4.79 Å². The second-order valence-electron chi connectivity index (χ2n) is 6.22. The van der Waals surface area contributed by atoms with E-state index in [9.17, 15) is 4.79 Å². The molecule has 1 atom stereocenters. The first kappa shape index (κ1) is 21.9. The average Bonchev–Trinajstić information content (AvgIpc) is 2.50. The molecule has 0 radical (unpaired) electrons. The predicted octanol–water partition coefficient (Wildman–Crippen LogP) is 5.25. The Morgan fingerprint density at radius 1 is 0.913 bits per heavy atom. The zero-order chi connectivity index (χ0) is 17.2. The summed E-state index contributed by atoms with van der Waals surface area (Å²) in [6, 6.07) is 0. The molecule has 0 fully saturated rings. The van der Waals surface area contributed by atoms with Crippen LogP contribution in [0.2, 0.25) is 0 Å². The largest absolute Gasteiger partial charge is 0.374 e. The summed E-state index contributed by atoms with van der Waals surface area (Å²) >= 11 is 0. The van der Waals surface area contributed by atoms with E-state index in [0.717, 1.165) is 25.7 Å². The molecule has 3 heteroatoms. The van der Waals surface area contributed by atoms with Gasteiger partial charge in [-0.25, -0.2) is 0 Å². The minimum Gasteiger partial charge on any atom is -0.374 e. The van der Waals surface area contributed by atoms with Crippen molar-refractivity contribution < 1.29 is 9.90 Å². The molecule has 0 aliphatic heterocycles. The lowest BCUT2D eigenvalue weighted by Gasteiger charge is -2.06. The third kappa shape index (κ3) is 18.9. The van der Waals surface area contributed by atoms with Crippen LogP contribution >= 0.6 is 0 Å². The average molecular weight is 324 g/mol. The first-order chi connectivity index (χ1) is 11.2. The molecule has 2 N–H and O–H groups in total. The number of hydrogen-bond acceptors (Lipinski definition) is 2. The Kier molecular flexibility index (Phi) is 16.4. The topological polar surface area (TPSA) is 49.3 Å². The lowest BCUT2D eigenvalue weighted by atomic mass is 10.1. The fourth-order valence-electron chi connectivity index (χ4n) is 2.40. The van der Waals surface area contributed by atoms with E-state index in [0.29, 0.717) is 6.42 Å². The predicted molar refractivity (Wildman–Crippen MR) is 99.2 cm³/mol. The molecule has 0 saturated carbocycles. The highest BCUT2D eigenvalue weighted by molar-refractivity contribution is 5.75. The van der Waals surface area contributed by atoms with Crippen molar-refractivity contribution in [2.24, 2.45) is 0 Å². The number of nitrogens with one attached hydrogen (secondary N) is 1. The van der Waals surface area contributed by atoms with Gasteiger partial charge in [0, 0.05) is 6.42 Å². The Morgan fingerprint density at radius 2 is 1.48 bits per heavy atom. The van der Waals surface area contributed by atoms with Crippen molar-refractivity contribution in [3.8, 4) is 0 Å². The second-order valence-corrected chi connectivity index (χ2v) is 6.22. The van der Waals surface area contributed by atoms with Gasteiger partial charge in [0.05, 0.1) is 0 Å². The molecule has 0 saturated heterocycles. The van der Waals surface area contributed by atoms with Crippen LogP contribution in [0.4, 0.5) is 0 Å². The highest BCUT2D eigenvalue weighted by Crippen LogP contribution is 2.08. The van der Waals surface area contributed by atoms with Gasteiger partial charge in [-0.1, -0.05) is 63.3 Å². The molecule has 0 aliphatic rings. The maximum Gasteiger partial charge on any atom is 0.221 e. The van der Waals surface area contributed by atoms with Gasteiger partial charge in [-0.15, -0.1) is 0 Å². The second kappa shape index (κ2) is 17.3. The highest BCUT2D eigenvalue weighted by Gasteiger charge is 2.02. The summed E-state index contributed by atoms with van der Waals surface area (Å²) in [5, 5.41) is 11.5. The van der Waals surface area contributed by atoms with Gasteiger partial charge in [0.1, 0.15) is 6.23 Å². The molecule has 0 spiro atoms. The van der Waals surface area contributed by atoms with Gasteiger partial charge in [-0.05, 0) is 45.4 Å². The van der Waals surface area contributed by atoms with Crippen LogP contribution in [-0.2, 0) is 4.79 Å². The Morgan fingerprint density at radius 3 is 2.09 bits per heavy atom. The molecule has 0 aromatic rings. The van der Waals surface area contributed by atoms with E-state index in [1.54, 1.807) is 6.92 Å². The van der Waals surface area contributed by atoms with Gasteiger partial charge in [0.25, 0.3) is 0 Å². The third-order valence-electron chi connectivity index (χ3n) is 3.72. The van der Waals surface area contributed by atoms with Crippen LogP contribution in [0.15, 0.2) is 24.3 Å². The molecule has 134 valence electrons. The smallest absolute Gasteiger partial charge is 0.221 e. The molecule has 0 aromatic carbocycles. The number of aliphatic hydroxyl groups excluding tert-OH is 1. The Bertz CT molecular complexity index is 322. The van der Waals surface area contributed by atoms with E-state index in [1.165, 1.54) is 44.9 Å². The fraction of sp³-hybridized carbons (Fsp3) is 0.750. The standard InChI is InChI=1S/C20H37NO2/c1-3-4-5-6-7-8-9-10-11-12-13-14-15-16-17-18-20(23)21-19(2)22/h7-8,10-11,19,22H,3-6,9,12-18H2,1-2H3,(H,21,23)/b8-7+,11-10+. The lowest BCUT2D eigenvalue weighted by molar-refractivity contribution is -0.123. The summed E-state index contributed by atoms with van der Waals surface area (Å²) in [6.45, 7) is 3.80. The lowest BCUT2D eigenvalue weighted by Crippen LogP contribution is -2.31. The summed E-state index contributed by atoms with van der Waals surface area (Å²) in [5.74, 6) is -0.0503. The van der Waals surface area contributed by atoms with Gasteiger partial charge in [-0.2, -0.15) is 0 Å². The molecule has 1 amide bonds. The maximum atomic E-state index is 11.3. The van der Waals surface area contributed by atoms with Crippen LogP contribution in [0, 0.1) is 0 Å². The number of hydrogen-bond donors (Lipinski definition) is 2. The van der Waals surface area contributed by atoms with E-state index >= 15 is 0 Å². The number of rotatable bonds is 15. The minimum absolute atomic E-state index is 0.0503. The number of aliphatic hydroxyl groups is 1. The minimum atomic E-state index is -0.736. The van der Waals surface area contributed by atoms with Crippen LogP contribution in [0.3, 0.4) is 0 Å². The van der Waals surface area contributed by atoms with Gasteiger partial charge in [0.2, 0.25) is 5.91 Å². The van der Waals surface area contributed by atoms with Crippen LogP contribution in [0.25, 0.3) is 0 Å². The van der Waals surface area contributed by atoms with E-state index < -0.39 is 6.23 Å². The SMILES string of the molecule is CCCCC/C=C/C/C=C/CCCCCCCC(=O)NC(C)O. The molecular formula is C20H37NO2. The van der Waals surface area contributed by atoms with E-state index in [-0.39, 0.29) is 5.91 Å². The molecule has 0 aromatic heterocycles. The summed E-state index contributed by atoms with van der Waals surface area (Å²) in [4.78, 5) is 11.3. The van der Waals surface area contributed by atoms with Gasteiger partial charge in [0.15, 0.2) is 0 Å². The number of unbranched alkanes of at least 4 members (excludes halogenated alkanes) is 8. The normalized spacial score (nSPS) is 13.0.